The first-order valence-corrected chi connectivity index (χ1v) is 7.02. The lowest BCUT2D eigenvalue weighted by molar-refractivity contribution is -0.117. The van der Waals surface area contributed by atoms with Crippen LogP contribution in [-0.2, 0) is 4.79 Å². The summed E-state index contributed by atoms with van der Waals surface area (Å²) in [6.07, 6.45) is 0.647. The van der Waals surface area contributed by atoms with Gasteiger partial charge in [0, 0.05) is 17.9 Å². The molecule has 20 heavy (non-hydrogen) atoms. The maximum absolute atomic E-state index is 12.0. The van der Waals surface area contributed by atoms with Crippen LogP contribution in [0.5, 0.6) is 0 Å². The first-order valence-electron chi connectivity index (χ1n) is 7.02. The number of nitrogens with one attached hydrogen (secondary N) is 1. The highest BCUT2D eigenvalue weighted by atomic mass is 16.3. The Morgan fingerprint density at radius 2 is 2.35 bits per heavy atom. The number of anilines is 2. The molecule has 0 spiro atoms. The molecule has 1 aromatic carbocycles. The topological polar surface area (TPSA) is 78.6 Å². The Kier molecular flexibility index (Phi) is 4.62. The highest BCUT2D eigenvalue weighted by Gasteiger charge is 2.27. The molecule has 0 aromatic heterocycles. The van der Waals surface area contributed by atoms with Gasteiger partial charge in [-0.15, -0.1) is 0 Å². The molecule has 2 unspecified atom stereocenters. The van der Waals surface area contributed by atoms with Crippen molar-refractivity contribution in [3.63, 3.8) is 0 Å². The highest BCUT2D eigenvalue weighted by molar-refractivity contribution is 5.93. The molecule has 1 aliphatic heterocycles. The maximum atomic E-state index is 12.0. The van der Waals surface area contributed by atoms with Gasteiger partial charge in [0.2, 0.25) is 5.91 Å². The van der Waals surface area contributed by atoms with Crippen molar-refractivity contribution in [3.8, 4) is 0 Å². The predicted octanol–water partition coefficient (Wildman–Crippen LogP) is 1.22. The molecular weight excluding hydrogens is 254 g/mol. The summed E-state index contributed by atoms with van der Waals surface area (Å²) in [5.41, 5.74) is 8.14. The Morgan fingerprint density at radius 1 is 1.60 bits per heavy atom. The van der Waals surface area contributed by atoms with E-state index in [0.29, 0.717) is 12.2 Å². The standard InChI is InChI=1S/C15H23N3O2/c1-10-7-13(16)3-4-14(10)17-15(20)9-18-6-5-12(8-18)11(2)19/h3-4,7,11-12,19H,5-6,8-9,16H2,1-2H3,(H,17,20). The number of carbonyl (C=O) groups excluding carboxylic acids is 1. The molecular formula is C15H23N3O2. The number of hydrogen-bond acceptors (Lipinski definition) is 4. The van der Waals surface area contributed by atoms with Crippen LogP contribution in [0.3, 0.4) is 0 Å². The average Bonchev–Trinajstić information content (AvgIpc) is 2.81. The number of nitrogens with two attached hydrogens (primary N) is 1. The number of hydrogen-bond donors (Lipinski definition) is 3. The third kappa shape index (κ3) is 3.71. The van der Waals surface area contributed by atoms with Crippen LogP contribution in [0.4, 0.5) is 11.4 Å². The quantitative estimate of drug-likeness (QED) is 0.723. The summed E-state index contributed by atoms with van der Waals surface area (Å²) in [5.74, 6) is 0.255. The minimum Gasteiger partial charge on any atom is -0.399 e. The molecule has 1 aromatic rings. The van der Waals surface area contributed by atoms with Gasteiger partial charge in [0.05, 0.1) is 12.6 Å². The van der Waals surface area contributed by atoms with Crippen LogP contribution < -0.4 is 11.1 Å². The molecule has 5 nitrogen and oxygen atoms in total. The van der Waals surface area contributed by atoms with E-state index in [2.05, 4.69) is 10.2 Å². The normalized spacial score (nSPS) is 20.9. The van der Waals surface area contributed by atoms with Crippen molar-refractivity contribution in [1.29, 1.82) is 0 Å². The van der Waals surface area contributed by atoms with E-state index in [1.807, 2.05) is 26.0 Å². The summed E-state index contributed by atoms with van der Waals surface area (Å²) in [5, 5.41) is 12.5. The molecule has 0 saturated carbocycles. The van der Waals surface area contributed by atoms with Crippen LogP contribution >= 0.6 is 0 Å². The minimum atomic E-state index is -0.303. The Balaban J connectivity index is 1.87. The minimum absolute atomic E-state index is 0.0240. The predicted molar refractivity (Wildman–Crippen MR) is 80.4 cm³/mol. The molecule has 0 bridgehead atoms. The maximum Gasteiger partial charge on any atom is 0.238 e. The van der Waals surface area contributed by atoms with E-state index in [0.717, 1.165) is 30.8 Å². The number of amides is 1. The average molecular weight is 277 g/mol. The van der Waals surface area contributed by atoms with E-state index in [1.54, 1.807) is 6.07 Å². The van der Waals surface area contributed by atoms with Gasteiger partial charge in [0.25, 0.3) is 0 Å². The summed E-state index contributed by atoms with van der Waals surface area (Å²) in [6, 6.07) is 5.45. The lowest BCUT2D eigenvalue weighted by Gasteiger charge is -2.17. The number of nitrogens with zero attached hydrogens (tertiary/aromatic N) is 1. The van der Waals surface area contributed by atoms with Crippen molar-refractivity contribution in [2.75, 3.05) is 30.7 Å². The highest BCUT2D eigenvalue weighted by Crippen LogP contribution is 2.20. The van der Waals surface area contributed by atoms with E-state index in [1.165, 1.54) is 0 Å². The third-order valence-electron chi connectivity index (χ3n) is 3.88. The zero-order chi connectivity index (χ0) is 14.7. The van der Waals surface area contributed by atoms with Gasteiger partial charge in [-0.3, -0.25) is 9.69 Å². The summed E-state index contributed by atoms with van der Waals surface area (Å²) in [4.78, 5) is 14.1. The zero-order valence-corrected chi connectivity index (χ0v) is 12.1. The molecule has 0 aliphatic carbocycles. The number of aliphatic hydroxyl groups excluding tert-OH is 1. The number of nitrogen functional groups attached to an aromatic ring is 1. The first-order chi connectivity index (χ1) is 9.45. The van der Waals surface area contributed by atoms with Crippen molar-refractivity contribution in [2.24, 2.45) is 5.92 Å². The van der Waals surface area contributed by atoms with Crippen LogP contribution in [-0.4, -0.2) is 41.7 Å². The van der Waals surface area contributed by atoms with E-state index >= 15 is 0 Å². The molecule has 0 radical (unpaired) electrons. The zero-order valence-electron chi connectivity index (χ0n) is 12.1. The Hall–Kier alpha value is -1.59. The number of aliphatic hydroxyl groups is 1. The van der Waals surface area contributed by atoms with Gasteiger partial charge < -0.3 is 16.2 Å². The summed E-state index contributed by atoms with van der Waals surface area (Å²) >= 11 is 0. The lowest BCUT2D eigenvalue weighted by Crippen LogP contribution is -2.32. The second-order valence-corrected chi connectivity index (χ2v) is 5.65. The molecule has 1 fully saturated rings. The fourth-order valence-electron chi connectivity index (χ4n) is 2.62. The number of rotatable bonds is 4. The lowest BCUT2D eigenvalue weighted by atomic mass is 10.0. The largest absolute Gasteiger partial charge is 0.399 e. The van der Waals surface area contributed by atoms with Crippen LogP contribution in [0.1, 0.15) is 18.9 Å². The summed E-state index contributed by atoms with van der Waals surface area (Å²) < 4.78 is 0. The Morgan fingerprint density at radius 3 is 2.95 bits per heavy atom. The summed E-state index contributed by atoms with van der Waals surface area (Å²) in [7, 11) is 0. The van der Waals surface area contributed by atoms with Crippen LogP contribution in [0, 0.1) is 12.8 Å². The fraction of sp³-hybridized carbons (Fsp3) is 0.533. The molecule has 2 rings (SSSR count). The van der Waals surface area contributed by atoms with Gasteiger partial charge in [0.1, 0.15) is 0 Å². The van der Waals surface area contributed by atoms with Crippen molar-refractivity contribution in [3.05, 3.63) is 23.8 Å². The van der Waals surface area contributed by atoms with E-state index in [-0.39, 0.29) is 17.9 Å². The molecule has 5 heteroatoms. The number of benzene rings is 1. The summed E-state index contributed by atoms with van der Waals surface area (Å²) in [6.45, 7) is 5.75. The second-order valence-electron chi connectivity index (χ2n) is 5.65. The van der Waals surface area contributed by atoms with Crippen LogP contribution in [0.25, 0.3) is 0 Å². The SMILES string of the molecule is Cc1cc(N)ccc1NC(=O)CN1CCC(C(C)O)C1. The molecule has 1 saturated heterocycles. The molecule has 2 atom stereocenters. The smallest absolute Gasteiger partial charge is 0.238 e. The van der Waals surface area contributed by atoms with Gasteiger partial charge in [-0.1, -0.05) is 0 Å². The van der Waals surface area contributed by atoms with E-state index in [4.69, 9.17) is 5.73 Å². The Labute approximate surface area is 119 Å². The van der Waals surface area contributed by atoms with Gasteiger partial charge in [0.15, 0.2) is 0 Å². The molecule has 1 aliphatic rings. The van der Waals surface area contributed by atoms with Gasteiger partial charge in [-0.25, -0.2) is 0 Å². The molecule has 1 amide bonds. The van der Waals surface area contributed by atoms with Gasteiger partial charge >= 0.3 is 0 Å². The monoisotopic (exact) mass is 277 g/mol. The fourth-order valence-corrected chi connectivity index (χ4v) is 2.62. The van der Waals surface area contributed by atoms with E-state index < -0.39 is 0 Å². The first kappa shape index (κ1) is 14.8. The van der Waals surface area contributed by atoms with Crippen molar-refractivity contribution < 1.29 is 9.90 Å². The van der Waals surface area contributed by atoms with Crippen LogP contribution in [0.15, 0.2) is 18.2 Å². The number of aryl methyl sites for hydroxylation is 1. The number of carbonyl (C=O) groups is 1. The second kappa shape index (κ2) is 6.24. The van der Waals surface area contributed by atoms with Gasteiger partial charge in [-0.2, -0.15) is 0 Å². The van der Waals surface area contributed by atoms with Crippen LogP contribution in [0.2, 0.25) is 0 Å². The molecule has 1 heterocycles. The van der Waals surface area contributed by atoms with E-state index in [9.17, 15) is 9.90 Å². The molecule has 110 valence electrons. The van der Waals surface area contributed by atoms with Crippen molar-refractivity contribution >= 4 is 17.3 Å². The van der Waals surface area contributed by atoms with Crippen molar-refractivity contribution in [2.45, 2.75) is 26.4 Å². The Bertz CT molecular complexity index is 488. The molecule has 4 N–H and O–H groups in total. The van der Waals surface area contributed by atoms with Crippen molar-refractivity contribution in [1.82, 2.24) is 4.90 Å². The van der Waals surface area contributed by atoms with Gasteiger partial charge in [-0.05, 0) is 56.5 Å². The third-order valence-corrected chi connectivity index (χ3v) is 3.88. The number of likely N-dealkylation sites (tertiary alicyclic amines) is 1.